The molecule has 2 atom stereocenters. The summed E-state index contributed by atoms with van der Waals surface area (Å²) in [6.45, 7) is 7.03. The molecule has 1 rings (SSSR count). The second-order valence-corrected chi connectivity index (χ2v) is 4.37. The molecular weight excluding hydrogens is 205 g/mol. The van der Waals surface area contributed by atoms with E-state index < -0.39 is 5.82 Å². The highest BCUT2D eigenvalue weighted by molar-refractivity contribution is 5.28. The molecule has 0 saturated heterocycles. The average molecular weight is 225 g/mol. The first-order valence-corrected chi connectivity index (χ1v) is 5.74. The monoisotopic (exact) mass is 225 g/mol. The Kier molecular flexibility index (Phi) is 4.74. The van der Waals surface area contributed by atoms with Crippen LogP contribution in [0, 0.1) is 11.7 Å². The highest BCUT2D eigenvalue weighted by atomic mass is 19.1. The van der Waals surface area contributed by atoms with Gasteiger partial charge >= 0.3 is 0 Å². The standard InChI is InChI=1S/C13H20FNO/c1-4-9(2)10(3)15-8-11-5-12(14)7-13(16)6-11/h5-7,9-10,15-16H,4,8H2,1-3H3. The Morgan fingerprint density at radius 1 is 1.31 bits per heavy atom. The van der Waals surface area contributed by atoms with Crippen molar-refractivity contribution in [3.63, 3.8) is 0 Å². The predicted molar refractivity (Wildman–Crippen MR) is 63.8 cm³/mol. The van der Waals surface area contributed by atoms with Gasteiger partial charge in [-0.15, -0.1) is 0 Å². The van der Waals surface area contributed by atoms with Crippen molar-refractivity contribution >= 4 is 0 Å². The van der Waals surface area contributed by atoms with Crippen LogP contribution in [0.3, 0.4) is 0 Å². The van der Waals surface area contributed by atoms with E-state index in [0.717, 1.165) is 18.1 Å². The van der Waals surface area contributed by atoms with Crippen LogP contribution in [0.4, 0.5) is 4.39 Å². The zero-order chi connectivity index (χ0) is 12.1. The smallest absolute Gasteiger partial charge is 0.127 e. The van der Waals surface area contributed by atoms with E-state index >= 15 is 0 Å². The van der Waals surface area contributed by atoms with Crippen molar-refractivity contribution in [1.82, 2.24) is 5.32 Å². The van der Waals surface area contributed by atoms with Gasteiger partial charge in [0, 0.05) is 18.7 Å². The Morgan fingerprint density at radius 3 is 2.56 bits per heavy atom. The summed E-state index contributed by atoms with van der Waals surface area (Å²) < 4.78 is 13.0. The molecule has 0 aliphatic heterocycles. The van der Waals surface area contributed by atoms with E-state index in [1.165, 1.54) is 6.07 Å². The number of phenolic OH excluding ortho intramolecular Hbond substituents is 1. The molecule has 0 aromatic heterocycles. The summed E-state index contributed by atoms with van der Waals surface area (Å²) in [5.74, 6) is 0.170. The average Bonchev–Trinajstić information content (AvgIpc) is 2.23. The molecule has 1 aromatic rings. The van der Waals surface area contributed by atoms with Crippen LogP contribution in [-0.2, 0) is 6.54 Å². The van der Waals surface area contributed by atoms with E-state index in [0.29, 0.717) is 18.5 Å². The summed E-state index contributed by atoms with van der Waals surface area (Å²) in [6, 6.07) is 4.52. The molecule has 0 aliphatic carbocycles. The van der Waals surface area contributed by atoms with Crippen LogP contribution in [-0.4, -0.2) is 11.1 Å². The fraction of sp³-hybridized carbons (Fsp3) is 0.538. The minimum Gasteiger partial charge on any atom is -0.508 e. The summed E-state index contributed by atoms with van der Waals surface area (Å²) >= 11 is 0. The van der Waals surface area contributed by atoms with Gasteiger partial charge in [0.25, 0.3) is 0 Å². The predicted octanol–water partition coefficient (Wildman–Crippen LogP) is 3.06. The molecule has 0 bridgehead atoms. The third-order valence-corrected chi connectivity index (χ3v) is 3.07. The zero-order valence-corrected chi connectivity index (χ0v) is 10.1. The summed E-state index contributed by atoms with van der Waals surface area (Å²) in [4.78, 5) is 0. The quantitative estimate of drug-likeness (QED) is 0.807. The first-order valence-electron chi connectivity index (χ1n) is 5.74. The van der Waals surface area contributed by atoms with Crippen LogP contribution >= 0.6 is 0 Å². The maximum atomic E-state index is 13.0. The van der Waals surface area contributed by atoms with Crippen LogP contribution < -0.4 is 5.32 Å². The number of phenols is 1. The number of halogens is 1. The van der Waals surface area contributed by atoms with E-state index in [4.69, 9.17) is 0 Å². The minimum absolute atomic E-state index is 0.0204. The lowest BCUT2D eigenvalue weighted by Crippen LogP contribution is -2.31. The lowest BCUT2D eigenvalue weighted by atomic mass is 10.0. The Morgan fingerprint density at radius 2 is 2.00 bits per heavy atom. The lowest BCUT2D eigenvalue weighted by Gasteiger charge is -2.20. The highest BCUT2D eigenvalue weighted by Gasteiger charge is 2.09. The van der Waals surface area contributed by atoms with Gasteiger partial charge in [-0.3, -0.25) is 0 Å². The molecule has 0 fully saturated rings. The van der Waals surface area contributed by atoms with Crippen molar-refractivity contribution in [2.75, 3.05) is 0 Å². The van der Waals surface area contributed by atoms with E-state index in [2.05, 4.69) is 26.1 Å². The number of hydrogen-bond acceptors (Lipinski definition) is 2. The third-order valence-electron chi connectivity index (χ3n) is 3.07. The van der Waals surface area contributed by atoms with Crippen molar-refractivity contribution in [3.05, 3.63) is 29.6 Å². The molecule has 0 radical (unpaired) electrons. The van der Waals surface area contributed by atoms with Crippen molar-refractivity contribution in [2.24, 2.45) is 5.92 Å². The van der Waals surface area contributed by atoms with Gasteiger partial charge in [-0.2, -0.15) is 0 Å². The van der Waals surface area contributed by atoms with Crippen molar-refractivity contribution in [2.45, 2.75) is 39.8 Å². The number of rotatable bonds is 5. The molecule has 2 unspecified atom stereocenters. The van der Waals surface area contributed by atoms with Gasteiger partial charge < -0.3 is 10.4 Å². The van der Waals surface area contributed by atoms with Gasteiger partial charge in [0.2, 0.25) is 0 Å². The van der Waals surface area contributed by atoms with Gasteiger partial charge in [0.05, 0.1) is 0 Å². The first kappa shape index (κ1) is 13.0. The second-order valence-electron chi connectivity index (χ2n) is 4.37. The molecule has 2 N–H and O–H groups in total. The Balaban J connectivity index is 2.54. The lowest BCUT2D eigenvalue weighted by molar-refractivity contribution is 0.388. The van der Waals surface area contributed by atoms with Crippen molar-refractivity contribution in [3.8, 4) is 5.75 Å². The Labute approximate surface area is 96.5 Å². The number of nitrogens with one attached hydrogen (secondary N) is 1. The SMILES string of the molecule is CCC(C)C(C)NCc1cc(O)cc(F)c1. The van der Waals surface area contributed by atoms with Crippen LogP contribution in [0.2, 0.25) is 0 Å². The largest absolute Gasteiger partial charge is 0.508 e. The number of benzene rings is 1. The molecule has 0 amide bonds. The molecule has 0 heterocycles. The van der Waals surface area contributed by atoms with Crippen LogP contribution in [0.1, 0.15) is 32.8 Å². The molecule has 0 aliphatic rings. The van der Waals surface area contributed by atoms with E-state index in [1.807, 2.05) is 0 Å². The third kappa shape index (κ3) is 3.81. The van der Waals surface area contributed by atoms with E-state index in [9.17, 15) is 9.50 Å². The van der Waals surface area contributed by atoms with E-state index in [1.54, 1.807) is 6.07 Å². The Bertz CT molecular complexity index is 320. The maximum Gasteiger partial charge on any atom is 0.127 e. The van der Waals surface area contributed by atoms with Gasteiger partial charge in [0.1, 0.15) is 11.6 Å². The van der Waals surface area contributed by atoms with Crippen molar-refractivity contribution in [1.29, 1.82) is 0 Å². The topological polar surface area (TPSA) is 32.3 Å². The summed E-state index contributed by atoms with van der Waals surface area (Å²) in [6.07, 6.45) is 1.11. The van der Waals surface area contributed by atoms with Gasteiger partial charge in [-0.1, -0.05) is 20.3 Å². The molecule has 90 valence electrons. The summed E-state index contributed by atoms with van der Waals surface area (Å²) in [5.41, 5.74) is 0.771. The Hall–Kier alpha value is -1.09. The fourth-order valence-electron chi connectivity index (χ4n) is 1.57. The highest BCUT2D eigenvalue weighted by Crippen LogP contribution is 2.15. The molecular formula is C13H20FNO. The number of hydrogen-bond donors (Lipinski definition) is 2. The molecule has 16 heavy (non-hydrogen) atoms. The fourth-order valence-corrected chi connectivity index (χ4v) is 1.57. The van der Waals surface area contributed by atoms with Crippen LogP contribution in [0.25, 0.3) is 0 Å². The van der Waals surface area contributed by atoms with Crippen molar-refractivity contribution < 1.29 is 9.50 Å². The molecule has 0 spiro atoms. The summed E-state index contributed by atoms with van der Waals surface area (Å²) in [5, 5.41) is 12.6. The molecule has 3 heteroatoms. The number of aromatic hydroxyl groups is 1. The minimum atomic E-state index is -0.395. The maximum absolute atomic E-state index is 13.0. The molecule has 0 saturated carbocycles. The first-order chi connectivity index (χ1) is 7.52. The second kappa shape index (κ2) is 5.85. The van der Waals surface area contributed by atoms with Gasteiger partial charge in [-0.05, 0) is 30.5 Å². The zero-order valence-electron chi connectivity index (χ0n) is 10.1. The normalized spacial score (nSPS) is 14.8. The van der Waals surface area contributed by atoms with Crippen LogP contribution in [0.5, 0.6) is 5.75 Å². The summed E-state index contributed by atoms with van der Waals surface area (Å²) in [7, 11) is 0. The van der Waals surface area contributed by atoms with Gasteiger partial charge in [-0.25, -0.2) is 4.39 Å². The van der Waals surface area contributed by atoms with E-state index in [-0.39, 0.29) is 5.75 Å². The molecule has 1 aromatic carbocycles. The van der Waals surface area contributed by atoms with Crippen LogP contribution in [0.15, 0.2) is 18.2 Å². The van der Waals surface area contributed by atoms with Gasteiger partial charge in [0.15, 0.2) is 0 Å². The molecule has 2 nitrogen and oxygen atoms in total.